The van der Waals surface area contributed by atoms with Gasteiger partial charge in [0.1, 0.15) is 5.75 Å². The molecule has 1 aliphatic rings. The number of rotatable bonds is 4. The molecule has 1 atom stereocenters. The van der Waals surface area contributed by atoms with E-state index in [1.807, 2.05) is 0 Å². The van der Waals surface area contributed by atoms with Crippen LogP contribution in [-0.4, -0.2) is 44.2 Å². The number of benzene rings is 1. The van der Waals surface area contributed by atoms with E-state index in [0.29, 0.717) is 23.5 Å². The largest absolute Gasteiger partial charge is 0.497 e. The molecule has 1 amide bonds. The van der Waals surface area contributed by atoms with Crippen LogP contribution in [-0.2, 0) is 4.74 Å². The fourth-order valence-electron chi connectivity index (χ4n) is 2.24. The van der Waals surface area contributed by atoms with E-state index in [1.165, 1.54) is 0 Å². The lowest BCUT2D eigenvalue weighted by molar-refractivity contribution is 0.0588. The molecule has 0 bridgehead atoms. The number of methoxy groups -OCH3 is 1. The normalized spacial score (nSPS) is 18.3. The summed E-state index contributed by atoms with van der Waals surface area (Å²) in [4.78, 5) is 14.0. The Balaban J connectivity index is 2.05. The first-order valence-corrected chi connectivity index (χ1v) is 6.42. The Morgan fingerprint density at radius 1 is 1.58 bits per heavy atom. The maximum atomic E-state index is 12.3. The minimum absolute atomic E-state index is 0.0874. The van der Waals surface area contributed by atoms with Crippen molar-refractivity contribution in [2.45, 2.75) is 18.9 Å². The molecule has 0 saturated carbocycles. The number of hydrogen-bond donors (Lipinski definition) is 1. The second kappa shape index (κ2) is 5.93. The number of anilines is 1. The number of carbonyl (C=O) groups is 1. The van der Waals surface area contributed by atoms with Gasteiger partial charge >= 0.3 is 0 Å². The lowest BCUT2D eigenvalue weighted by Gasteiger charge is -2.21. The van der Waals surface area contributed by atoms with Crippen LogP contribution in [0.3, 0.4) is 0 Å². The van der Waals surface area contributed by atoms with E-state index in [0.717, 1.165) is 19.4 Å². The highest BCUT2D eigenvalue weighted by molar-refractivity contribution is 5.99. The van der Waals surface area contributed by atoms with Crippen LogP contribution in [0.5, 0.6) is 5.75 Å². The van der Waals surface area contributed by atoms with Crippen LogP contribution >= 0.6 is 0 Å². The zero-order valence-corrected chi connectivity index (χ0v) is 11.4. The van der Waals surface area contributed by atoms with Gasteiger partial charge in [-0.15, -0.1) is 0 Å². The molecule has 1 unspecified atom stereocenters. The molecule has 1 aromatic rings. The maximum Gasteiger partial charge on any atom is 0.255 e. The van der Waals surface area contributed by atoms with Crippen LogP contribution in [0.1, 0.15) is 23.2 Å². The lowest BCUT2D eigenvalue weighted by atomic mass is 10.1. The Morgan fingerprint density at radius 3 is 2.95 bits per heavy atom. The second-order valence-electron chi connectivity index (χ2n) is 4.77. The number of nitrogens with two attached hydrogens (primary N) is 1. The molecule has 1 heterocycles. The van der Waals surface area contributed by atoms with Crippen LogP contribution in [0.15, 0.2) is 18.2 Å². The summed E-state index contributed by atoms with van der Waals surface area (Å²) in [6, 6.07) is 5.10. The first-order chi connectivity index (χ1) is 9.11. The molecule has 5 nitrogen and oxygen atoms in total. The summed E-state index contributed by atoms with van der Waals surface area (Å²) in [6.07, 6.45) is 2.22. The molecule has 0 radical (unpaired) electrons. The average molecular weight is 264 g/mol. The van der Waals surface area contributed by atoms with Gasteiger partial charge in [0.2, 0.25) is 0 Å². The van der Waals surface area contributed by atoms with E-state index >= 15 is 0 Å². The van der Waals surface area contributed by atoms with Crippen molar-refractivity contribution in [2.24, 2.45) is 0 Å². The van der Waals surface area contributed by atoms with Crippen LogP contribution in [0.25, 0.3) is 0 Å². The zero-order chi connectivity index (χ0) is 13.8. The molecule has 0 aromatic heterocycles. The van der Waals surface area contributed by atoms with Gasteiger partial charge in [-0.05, 0) is 25.0 Å². The standard InChI is InChI=1S/C14H20N2O3/c1-16(9-11-4-3-7-19-11)14(17)12-6-5-10(18-2)8-13(12)15/h5-6,8,11H,3-4,7,9,15H2,1-2H3. The summed E-state index contributed by atoms with van der Waals surface area (Å²) in [5.74, 6) is 0.562. The van der Waals surface area contributed by atoms with Crippen LogP contribution < -0.4 is 10.5 Å². The van der Waals surface area contributed by atoms with Gasteiger partial charge in [-0.25, -0.2) is 0 Å². The monoisotopic (exact) mass is 264 g/mol. The van der Waals surface area contributed by atoms with Crippen molar-refractivity contribution in [2.75, 3.05) is 33.0 Å². The van der Waals surface area contributed by atoms with Crippen molar-refractivity contribution in [3.8, 4) is 5.75 Å². The lowest BCUT2D eigenvalue weighted by Crippen LogP contribution is -2.34. The Kier molecular flexibility index (Phi) is 4.27. The summed E-state index contributed by atoms with van der Waals surface area (Å²) < 4.78 is 10.6. The van der Waals surface area contributed by atoms with Crippen molar-refractivity contribution in [1.82, 2.24) is 4.90 Å². The summed E-state index contributed by atoms with van der Waals surface area (Å²) in [5.41, 5.74) is 6.82. The van der Waals surface area contributed by atoms with Gasteiger partial charge in [-0.1, -0.05) is 0 Å². The molecule has 104 valence electrons. The SMILES string of the molecule is COc1ccc(C(=O)N(C)CC2CCCO2)c(N)c1. The number of hydrogen-bond acceptors (Lipinski definition) is 4. The minimum Gasteiger partial charge on any atom is -0.497 e. The number of nitrogens with zero attached hydrogens (tertiary/aromatic N) is 1. The van der Waals surface area contributed by atoms with Gasteiger partial charge in [-0.3, -0.25) is 4.79 Å². The van der Waals surface area contributed by atoms with Gasteiger partial charge < -0.3 is 20.1 Å². The van der Waals surface area contributed by atoms with Crippen LogP contribution in [0, 0.1) is 0 Å². The summed E-state index contributed by atoms with van der Waals surface area (Å²) >= 11 is 0. The van der Waals surface area contributed by atoms with Gasteiger partial charge in [0.25, 0.3) is 5.91 Å². The van der Waals surface area contributed by atoms with E-state index in [1.54, 1.807) is 37.3 Å². The van der Waals surface area contributed by atoms with E-state index < -0.39 is 0 Å². The van der Waals surface area contributed by atoms with Crippen molar-refractivity contribution >= 4 is 11.6 Å². The van der Waals surface area contributed by atoms with E-state index in [2.05, 4.69) is 0 Å². The molecule has 0 aliphatic carbocycles. The summed E-state index contributed by atoms with van der Waals surface area (Å²) in [7, 11) is 3.34. The number of nitrogen functional groups attached to an aromatic ring is 1. The average Bonchev–Trinajstić information content (AvgIpc) is 2.90. The van der Waals surface area contributed by atoms with Crippen LogP contribution in [0.4, 0.5) is 5.69 Å². The molecule has 19 heavy (non-hydrogen) atoms. The Morgan fingerprint density at radius 2 is 2.37 bits per heavy atom. The first-order valence-electron chi connectivity index (χ1n) is 6.42. The van der Waals surface area contributed by atoms with Gasteiger partial charge in [0.15, 0.2) is 0 Å². The van der Waals surface area contributed by atoms with Gasteiger partial charge in [0, 0.05) is 32.0 Å². The predicted octanol–water partition coefficient (Wildman–Crippen LogP) is 1.53. The van der Waals surface area contributed by atoms with Gasteiger partial charge in [-0.2, -0.15) is 0 Å². The van der Waals surface area contributed by atoms with Crippen molar-refractivity contribution in [3.05, 3.63) is 23.8 Å². The number of ether oxygens (including phenoxy) is 2. The third-order valence-corrected chi connectivity index (χ3v) is 3.34. The van der Waals surface area contributed by atoms with Crippen molar-refractivity contribution < 1.29 is 14.3 Å². The molecule has 2 N–H and O–H groups in total. The summed E-state index contributed by atoms with van der Waals surface area (Å²) in [5, 5.41) is 0. The first kappa shape index (κ1) is 13.7. The molecule has 1 saturated heterocycles. The second-order valence-corrected chi connectivity index (χ2v) is 4.77. The fraction of sp³-hybridized carbons (Fsp3) is 0.500. The zero-order valence-electron chi connectivity index (χ0n) is 11.4. The van der Waals surface area contributed by atoms with Crippen molar-refractivity contribution in [1.29, 1.82) is 0 Å². The molecule has 1 aliphatic heterocycles. The number of carbonyl (C=O) groups excluding carboxylic acids is 1. The van der Waals surface area contributed by atoms with E-state index in [-0.39, 0.29) is 12.0 Å². The minimum atomic E-state index is -0.0874. The topological polar surface area (TPSA) is 64.8 Å². The highest BCUT2D eigenvalue weighted by atomic mass is 16.5. The molecule has 0 spiro atoms. The molecule has 1 fully saturated rings. The smallest absolute Gasteiger partial charge is 0.255 e. The van der Waals surface area contributed by atoms with E-state index in [4.69, 9.17) is 15.2 Å². The van der Waals surface area contributed by atoms with Crippen LogP contribution in [0.2, 0.25) is 0 Å². The fourth-order valence-corrected chi connectivity index (χ4v) is 2.24. The summed E-state index contributed by atoms with van der Waals surface area (Å²) in [6.45, 7) is 1.39. The molecular weight excluding hydrogens is 244 g/mol. The Labute approximate surface area is 113 Å². The highest BCUT2D eigenvalue weighted by Crippen LogP contribution is 2.21. The molecule has 5 heteroatoms. The third-order valence-electron chi connectivity index (χ3n) is 3.34. The number of likely N-dealkylation sites (N-methyl/N-ethyl adjacent to an activating group) is 1. The molecule has 1 aromatic carbocycles. The third kappa shape index (κ3) is 3.17. The maximum absolute atomic E-state index is 12.3. The quantitative estimate of drug-likeness (QED) is 0.838. The van der Waals surface area contributed by atoms with E-state index in [9.17, 15) is 4.79 Å². The predicted molar refractivity (Wildman–Crippen MR) is 73.3 cm³/mol. The molecular formula is C14H20N2O3. The Hall–Kier alpha value is -1.75. The van der Waals surface area contributed by atoms with Gasteiger partial charge in [0.05, 0.1) is 18.8 Å². The molecule has 2 rings (SSSR count). The van der Waals surface area contributed by atoms with Crippen molar-refractivity contribution in [3.63, 3.8) is 0 Å². The highest BCUT2D eigenvalue weighted by Gasteiger charge is 2.22. The number of amides is 1. The Bertz CT molecular complexity index is 456.